The van der Waals surface area contributed by atoms with Crippen LogP contribution >= 0.6 is 0 Å². The van der Waals surface area contributed by atoms with E-state index < -0.39 is 0 Å². The fourth-order valence-corrected chi connectivity index (χ4v) is 3.18. The molecule has 1 unspecified atom stereocenters. The Balaban J connectivity index is 1.62. The molecule has 1 aliphatic heterocycles. The van der Waals surface area contributed by atoms with Crippen LogP contribution in [0.15, 0.2) is 36.8 Å². The zero-order valence-electron chi connectivity index (χ0n) is 13.8. The fraction of sp³-hybridized carbons (Fsp3) is 0.444. The quantitative estimate of drug-likeness (QED) is 0.923. The second-order valence-corrected chi connectivity index (χ2v) is 5.98. The SMILES string of the molecule is CCN(CC)c1ccc(NC(=O)C2CCn3cncc3C2)cc1. The van der Waals surface area contributed by atoms with Gasteiger partial charge in [0, 0.05) is 55.2 Å². The van der Waals surface area contributed by atoms with Crippen LogP contribution in [0.4, 0.5) is 11.4 Å². The van der Waals surface area contributed by atoms with Crippen molar-refractivity contribution in [2.75, 3.05) is 23.3 Å². The van der Waals surface area contributed by atoms with Gasteiger partial charge in [-0.15, -0.1) is 0 Å². The lowest BCUT2D eigenvalue weighted by atomic mass is 9.95. The molecular formula is C18H24N4O. The number of carbonyl (C=O) groups excluding carboxylic acids is 1. The van der Waals surface area contributed by atoms with Crippen molar-refractivity contribution in [2.24, 2.45) is 5.92 Å². The molecule has 0 saturated heterocycles. The van der Waals surface area contributed by atoms with E-state index in [1.54, 1.807) is 0 Å². The summed E-state index contributed by atoms with van der Waals surface area (Å²) in [5, 5.41) is 3.05. The summed E-state index contributed by atoms with van der Waals surface area (Å²) in [5.74, 6) is 0.134. The van der Waals surface area contributed by atoms with Crippen molar-refractivity contribution >= 4 is 17.3 Å². The van der Waals surface area contributed by atoms with Crippen LogP contribution in [0.3, 0.4) is 0 Å². The van der Waals surface area contributed by atoms with Gasteiger partial charge in [0.1, 0.15) is 0 Å². The van der Waals surface area contributed by atoms with Crippen LogP contribution in [0.2, 0.25) is 0 Å². The maximum absolute atomic E-state index is 12.5. The highest BCUT2D eigenvalue weighted by Crippen LogP contribution is 2.23. The summed E-state index contributed by atoms with van der Waals surface area (Å²) in [6.45, 7) is 7.13. The Kier molecular flexibility index (Phi) is 4.65. The molecule has 5 nitrogen and oxygen atoms in total. The summed E-state index contributed by atoms with van der Waals surface area (Å²) >= 11 is 0. The van der Waals surface area contributed by atoms with Gasteiger partial charge in [-0.05, 0) is 44.5 Å². The second kappa shape index (κ2) is 6.86. The molecule has 1 aromatic heterocycles. The number of hydrogen-bond donors (Lipinski definition) is 1. The summed E-state index contributed by atoms with van der Waals surface area (Å²) in [7, 11) is 0. The number of rotatable bonds is 5. The first kappa shape index (κ1) is 15.6. The molecule has 23 heavy (non-hydrogen) atoms. The molecule has 3 rings (SSSR count). The molecule has 122 valence electrons. The molecule has 0 saturated carbocycles. The topological polar surface area (TPSA) is 50.2 Å². The third kappa shape index (κ3) is 3.38. The average Bonchev–Trinajstić information content (AvgIpc) is 3.05. The maximum Gasteiger partial charge on any atom is 0.227 e. The van der Waals surface area contributed by atoms with Crippen molar-refractivity contribution in [1.82, 2.24) is 9.55 Å². The monoisotopic (exact) mass is 312 g/mol. The summed E-state index contributed by atoms with van der Waals surface area (Å²) in [5.41, 5.74) is 3.20. The minimum absolute atomic E-state index is 0.0293. The van der Waals surface area contributed by atoms with Crippen molar-refractivity contribution in [3.63, 3.8) is 0 Å². The van der Waals surface area contributed by atoms with E-state index in [1.807, 2.05) is 24.7 Å². The lowest BCUT2D eigenvalue weighted by Gasteiger charge is -2.23. The molecule has 0 aliphatic carbocycles. The van der Waals surface area contributed by atoms with Crippen LogP contribution in [0, 0.1) is 5.92 Å². The highest BCUT2D eigenvalue weighted by atomic mass is 16.1. The molecule has 1 amide bonds. The van der Waals surface area contributed by atoms with Crippen LogP contribution in [0.25, 0.3) is 0 Å². The predicted molar refractivity (Wildman–Crippen MR) is 92.7 cm³/mol. The molecule has 0 radical (unpaired) electrons. The molecule has 1 N–H and O–H groups in total. The Morgan fingerprint density at radius 2 is 2.04 bits per heavy atom. The van der Waals surface area contributed by atoms with E-state index in [4.69, 9.17) is 0 Å². The number of nitrogens with one attached hydrogen (secondary N) is 1. The van der Waals surface area contributed by atoms with E-state index in [0.717, 1.165) is 43.9 Å². The standard InChI is InChI=1S/C18H24N4O/c1-3-21(4-2)16-7-5-15(6-8-16)20-18(23)14-9-10-22-13-19-12-17(22)11-14/h5-8,12-14H,3-4,9-11H2,1-2H3,(H,20,23). The highest BCUT2D eigenvalue weighted by molar-refractivity contribution is 5.92. The van der Waals surface area contributed by atoms with Gasteiger partial charge in [-0.3, -0.25) is 4.79 Å². The number of carbonyl (C=O) groups is 1. The number of hydrogen-bond acceptors (Lipinski definition) is 3. The van der Waals surface area contributed by atoms with Crippen molar-refractivity contribution in [3.05, 3.63) is 42.5 Å². The van der Waals surface area contributed by atoms with Gasteiger partial charge < -0.3 is 14.8 Å². The first-order valence-corrected chi connectivity index (χ1v) is 8.36. The number of nitrogens with zero attached hydrogens (tertiary/aromatic N) is 3. The Labute approximate surface area is 137 Å². The van der Waals surface area contributed by atoms with Crippen LogP contribution in [0.5, 0.6) is 0 Å². The summed E-state index contributed by atoms with van der Waals surface area (Å²) in [6, 6.07) is 8.11. The molecule has 0 spiro atoms. The molecule has 0 bridgehead atoms. The van der Waals surface area contributed by atoms with Gasteiger partial charge >= 0.3 is 0 Å². The molecular weight excluding hydrogens is 288 g/mol. The van der Waals surface area contributed by atoms with Gasteiger partial charge in [0.25, 0.3) is 0 Å². The molecule has 1 aromatic carbocycles. The molecule has 1 aliphatic rings. The maximum atomic E-state index is 12.5. The first-order chi connectivity index (χ1) is 11.2. The van der Waals surface area contributed by atoms with Crippen LogP contribution < -0.4 is 10.2 Å². The van der Waals surface area contributed by atoms with Gasteiger partial charge in [0.2, 0.25) is 5.91 Å². The van der Waals surface area contributed by atoms with Crippen molar-refractivity contribution in [2.45, 2.75) is 33.2 Å². The van der Waals surface area contributed by atoms with E-state index >= 15 is 0 Å². The summed E-state index contributed by atoms with van der Waals surface area (Å²) in [6.07, 6.45) is 5.34. The van der Waals surface area contributed by atoms with Gasteiger partial charge in [0.15, 0.2) is 0 Å². The summed E-state index contributed by atoms with van der Waals surface area (Å²) in [4.78, 5) is 18.9. The smallest absolute Gasteiger partial charge is 0.227 e. The summed E-state index contributed by atoms with van der Waals surface area (Å²) < 4.78 is 2.13. The van der Waals surface area contributed by atoms with E-state index in [-0.39, 0.29) is 11.8 Å². The number of amides is 1. The number of imidazole rings is 1. The van der Waals surface area contributed by atoms with Crippen molar-refractivity contribution in [3.8, 4) is 0 Å². The molecule has 5 heteroatoms. The minimum atomic E-state index is 0.0293. The van der Waals surface area contributed by atoms with Gasteiger partial charge in [-0.2, -0.15) is 0 Å². The predicted octanol–water partition coefficient (Wildman–Crippen LogP) is 2.93. The normalized spacial score (nSPS) is 16.7. The second-order valence-electron chi connectivity index (χ2n) is 5.98. The molecule has 0 fully saturated rings. The Bertz CT molecular complexity index is 658. The first-order valence-electron chi connectivity index (χ1n) is 8.36. The van der Waals surface area contributed by atoms with E-state index in [2.05, 4.69) is 45.7 Å². The Hall–Kier alpha value is -2.30. The number of benzene rings is 1. The molecule has 1 atom stereocenters. The Morgan fingerprint density at radius 1 is 1.30 bits per heavy atom. The average molecular weight is 312 g/mol. The number of fused-ring (bicyclic) bond motifs is 1. The highest BCUT2D eigenvalue weighted by Gasteiger charge is 2.24. The van der Waals surface area contributed by atoms with Gasteiger partial charge in [-0.1, -0.05) is 0 Å². The van der Waals surface area contributed by atoms with E-state index in [1.165, 1.54) is 5.69 Å². The Morgan fingerprint density at radius 3 is 2.74 bits per heavy atom. The molecule has 2 aromatic rings. The van der Waals surface area contributed by atoms with Gasteiger partial charge in [-0.25, -0.2) is 4.98 Å². The fourth-order valence-electron chi connectivity index (χ4n) is 3.18. The number of aryl methyl sites for hydroxylation is 1. The van der Waals surface area contributed by atoms with Crippen LogP contribution in [0.1, 0.15) is 26.0 Å². The van der Waals surface area contributed by atoms with Crippen LogP contribution in [-0.4, -0.2) is 28.5 Å². The minimum Gasteiger partial charge on any atom is -0.372 e. The molecule has 2 heterocycles. The van der Waals surface area contributed by atoms with E-state index in [0.29, 0.717) is 0 Å². The third-order valence-electron chi connectivity index (χ3n) is 4.61. The van der Waals surface area contributed by atoms with Crippen molar-refractivity contribution in [1.29, 1.82) is 0 Å². The number of aromatic nitrogens is 2. The number of anilines is 2. The lowest BCUT2D eigenvalue weighted by Crippen LogP contribution is -2.29. The van der Waals surface area contributed by atoms with Gasteiger partial charge in [0.05, 0.1) is 6.33 Å². The van der Waals surface area contributed by atoms with E-state index in [9.17, 15) is 4.79 Å². The third-order valence-corrected chi connectivity index (χ3v) is 4.61. The van der Waals surface area contributed by atoms with Crippen LogP contribution in [-0.2, 0) is 17.8 Å². The van der Waals surface area contributed by atoms with Crippen molar-refractivity contribution < 1.29 is 4.79 Å². The zero-order chi connectivity index (χ0) is 16.2. The zero-order valence-corrected chi connectivity index (χ0v) is 13.8. The lowest BCUT2D eigenvalue weighted by molar-refractivity contribution is -0.120. The largest absolute Gasteiger partial charge is 0.372 e.